The van der Waals surface area contributed by atoms with Gasteiger partial charge in [-0.15, -0.1) is 0 Å². The molecule has 0 aliphatic rings. The highest BCUT2D eigenvalue weighted by molar-refractivity contribution is 6.66. The van der Waals surface area contributed by atoms with Gasteiger partial charge in [0.2, 0.25) is 3.79 Å². The maximum absolute atomic E-state index is 5.91. The molecule has 0 unspecified atom stereocenters. The van der Waals surface area contributed by atoms with E-state index in [2.05, 4.69) is 24.3 Å². The van der Waals surface area contributed by atoms with Crippen molar-refractivity contribution in [1.29, 1.82) is 0 Å². The van der Waals surface area contributed by atoms with Crippen LogP contribution in [0.4, 0.5) is 0 Å². The molecule has 0 aliphatic heterocycles. The van der Waals surface area contributed by atoms with E-state index in [1.54, 1.807) is 0 Å². The van der Waals surface area contributed by atoms with Gasteiger partial charge in [-0.3, -0.25) is 0 Å². The summed E-state index contributed by atoms with van der Waals surface area (Å²) >= 11 is 17.7. The lowest BCUT2D eigenvalue weighted by molar-refractivity contribution is 1.25. The molecule has 3 heteroatoms. The number of rotatable bonds is 0. The molecule has 0 saturated carbocycles. The molecule has 90 valence electrons. The van der Waals surface area contributed by atoms with E-state index in [0.29, 0.717) is 5.56 Å². The van der Waals surface area contributed by atoms with Crippen molar-refractivity contribution >= 4 is 56.3 Å². The van der Waals surface area contributed by atoms with Gasteiger partial charge in [-0.05, 0) is 39.7 Å². The molecule has 3 aromatic carbocycles. The third kappa shape index (κ3) is 2.16. The first kappa shape index (κ1) is 12.1. The van der Waals surface area contributed by atoms with Crippen molar-refractivity contribution in [2.45, 2.75) is 3.79 Å². The molecule has 0 aromatic heterocycles. The van der Waals surface area contributed by atoms with Crippen LogP contribution in [0.3, 0.4) is 0 Å². The summed E-state index contributed by atoms with van der Waals surface area (Å²) in [6, 6.07) is 18.3. The van der Waals surface area contributed by atoms with Gasteiger partial charge in [0.05, 0.1) is 0 Å². The van der Waals surface area contributed by atoms with Crippen LogP contribution in [-0.4, -0.2) is 0 Å². The van der Waals surface area contributed by atoms with Crippen LogP contribution < -0.4 is 0 Å². The first-order chi connectivity index (χ1) is 8.54. The minimum atomic E-state index is -1.38. The number of benzene rings is 3. The average molecular weight is 296 g/mol. The quantitative estimate of drug-likeness (QED) is 0.362. The molecule has 3 aromatic rings. The van der Waals surface area contributed by atoms with E-state index >= 15 is 0 Å². The summed E-state index contributed by atoms with van der Waals surface area (Å²) < 4.78 is -1.38. The molecule has 0 nitrogen and oxygen atoms in total. The van der Waals surface area contributed by atoms with Crippen LogP contribution in [0.25, 0.3) is 21.5 Å². The van der Waals surface area contributed by atoms with Crippen molar-refractivity contribution in [2.75, 3.05) is 0 Å². The largest absolute Gasteiger partial charge is 0.216 e. The maximum atomic E-state index is 5.91. The van der Waals surface area contributed by atoms with Gasteiger partial charge in [-0.25, -0.2) is 0 Å². The van der Waals surface area contributed by atoms with Gasteiger partial charge in [0, 0.05) is 5.56 Å². The lowest BCUT2D eigenvalue weighted by atomic mass is 10.0. The van der Waals surface area contributed by atoms with Crippen LogP contribution in [0.5, 0.6) is 0 Å². The van der Waals surface area contributed by atoms with Crippen molar-refractivity contribution in [2.24, 2.45) is 0 Å². The molecule has 0 N–H and O–H groups in total. The second kappa shape index (κ2) is 4.31. The van der Waals surface area contributed by atoms with Crippen LogP contribution in [0.15, 0.2) is 54.6 Å². The van der Waals surface area contributed by atoms with Gasteiger partial charge in [0.1, 0.15) is 0 Å². The van der Waals surface area contributed by atoms with E-state index in [9.17, 15) is 0 Å². The number of halogens is 3. The number of alkyl halides is 3. The Morgan fingerprint density at radius 2 is 1.17 bits per heavy atom. The molecule has 0 heterocycles. The molecule has 0 bridgehead atoms. The zero-order valence-electron chi connectivity index (χ0n) is 9.33. The fourth-order valence-electron chi connectivity index (χ4n) is 2.12. The molecule has 0 aliphatic carbocycles. The lowest BCUT2D eigenvalue weighted by Gasteiger charge is -2.12. The topological polar surface area (TPSA) is 0 Å². The summed E-state index contributed by atoms with van der Waals surface area (Å²) in [5, 5.41) is 4.63. The monoisotopic (exact) mass is 294 g/mol. The maximum Gasteiger partial charge on any atom is 0.216 e. The van der Waals surface area contributed by atoms with E-state index in [1.807, 2.05) is 30.3 Å². The molecule has 0 fully saturated rings. The van der Waals surface area contributed by atoms with Crippen molar-refractivity contribution in [1.82, 2.24) is 0 Å². The third-order valence-corrected chi connectivity index (χ3v) is 3.69. The Hall–Kier alpha value is -0.950. The Morgan fingerprint density at radius 1 is 0.611 bits per heavy atom. The molecule has 0 saturated heterocycles. The minimum Gasteiger partial charge on any atom is -0.0784 e. The molecule has 3 rings (SSSR count). The van der Waals surface area contributed by atoms with Crippen LogP contribution in [0, 0.1) is 0 Å². The van der Waals surface area contributed by atoms with Crippen molar-refractivity contribution < 1.29 is 0 Å². The first-order valence-corrected chi connectivity index (χ1v) is 6.67. The predicted molar refractivity (Wildman–Crippen MR) is 80.7 cm³/mol. The van der Waals surface area contributed by atoms with E-state index < -0.39 is 3.79 Å². The smallest absolute Gasteiger partial charge is 0.0784 e. The summed E-state index contributed by atoms with van der Waals surface area (Å²) in [7, 11) is 0. The number of hydrogen-bond donors (Lipinski definition) is 0. The van der Waals surface area contributed by atoms with E-state index in [1.165, 1.54) is 10.8 Å². The molecular weight excluding hydrogens is 287 g/mol. The highest BCUT2D eigenvalue weighted by atomic mass is 35.6. The lowest BCUT2D eigenvalue weighted by Crippen LogP contribution is -1.99. The summed E-state index contributed by atoms with van der Waals surface area (Å²) in [4.78, 5) is 0. The summed E-state index contributed by atoms with van der Waals surface area (Å²) in [6.45, 7) is 0. The van der Waals surface area contributed by atoms with Crippen LogP contribution >= 0.6 is 34.8 Å². The van der Waals surface area contributed by atoms with Gasteiger partial charge in [-0.2, -0.15) is 0 Å². The van der Waals surface area contributed by atoms with Gasteiger partial charge >= 0.3 is 0 Å². The van der Waals surface area contributed by atoms with Crippen LogP contribution in [-0.2, 0) is 3.79 Å². The Morgan fingerprint density at radius 3 is 1.78 bits per heavy atom. The van der Waals surface area contributed by atoms with Gasteiger partial charge in [0.15, 0.2) is 0 Å². The van der Waals surface area contributed by atoms with Crippen LogP contribution in [0.2, 0.25) is 0 Å². The second-order valence-electron chi connectivity index (χ2n) is 4.26. The molecule has 18 heavy (non-hydrogen) atoms. The van der Waals surface area contributed by atoms with Crippen molar-refractivity contribution in [3.8, 4) is 0 Å². The predicted octanol–water partition coefficient (Wildman–Crippen LogP) is 5.82. The standard InChI is InChI=1S/C15H9Cl3/c16-15(17,18)14-6-5-12-7-10-3-1-2-4-11(10)8-13(12)9-14/h1-9H. The Kier molecular flexibility index (Phi) is 2.90. The van der Waals surface area contributed by atoms with Crippen molar-refractivity contribution in [3.05, 3.63) is 60.2 Å². The summed E-state index contributed by atoms with van der Waals surface area (Å²) in [5.74, 6) is 0. The van der Waals surface area contributed by atoms with E-state index in [0.717, 1.165) is 10.8 Å². The number of hydrogen-bond acceptors (Lipinski definition) is 0. The number of fused-ring (bicyclic) bond motifs is 2. The Labute approximate surface area is 120 Å². The summed E-state index contributed by atoms with van der Waals surface area (Å²) in [6.07, 6.45) is 0. The first-order valence-electron chi connectivity index (χ1n) is 5.54. The van der Waals surface area contributed by atoms with Gasteiger partial charge in [0.25, 0.3) is 0 Å². The third-order valence-electron chi connectivity index (χ3n) is 3.03. The fraction of sp³-hybridized carbons (Fsp3) is 0.0667. The molecule has 0 radical (unpaired) electrons. The average Bonchev–Trinajstić information content (AvgIpc) is 2.34. The van der Waals surface area contributed by atoms with Crippen molar-refractivity contribution in [3.63, 3.8) is 0 Å². The molecular formula is C15H9Cl3. The Balaban J connectivity index is 2.31. The SMILES string of the molecule is ClC(Cl)(Cl)c1ccc2cc3ccccc3cc2c1. The summed E-state index contributed by atoms with van der Waals surface area (Å²) in [5.41, 5.74) is 0.690. The van der Waals surface area contributed by atoms with Gasteiger partial charge in [-0.1, -0.05) is 71.2 Å². The van der Waals surface area contributed by atoms with Gasteiger partial charge < -0.3 is 0 Å². The zero-order valence-corrected chi connectivity index (χ0v) is 11.6. The minimum absolute atomic E-state index is 0.690. The fourth-order valence-corrected chi connectivity index (χ4v) is 2.47. The highest BCUT2D eigenvalue weighted by Crippen LogP contribution is 2.39. The normalized spacial score (nSPS) is 12.2. The Bertz CT molecular complexity index is 726. The highest BCUT2D eigenvalue weighted by Gasteiger charge is 2.22. The molecule has 0 amide bonds. The van der Waals surface area contributed by atoms with Crippen LogP contribution in [0.1, 0.15) is 5.56 Å². The zero-order chi connectivity index (χ0) is 12.8. The van der Waals surface area contributed by atoms with E-state index in [-0.39, 0.29) is 0 Å². The second-order valence-corrected chi connectivity index (χ2v) is 6.54. The van der Waals surface area contributed by atoms with E-state index in [4.69, 9.17) is 34.8 Å². The molecule has 0 spiro atoms. The molecule has 0 atom stereocenters.